The summed E-state index contributed by atoms with van der Waals surface area (Å²) in [5.41, 5.74) is 3.06. The van der Waals surface area contributed by atoms with Gasteiger partial charge in [0.2, 0.25) is 0 Å². The minimum absolute atomic E-state index is 0.164. The Morgan fingerprint density at radius 1 is 1.23 bits per heavy atom. The Hall–Kier alpha value is -2.34. The Labute approximate surface area is 155 Å². The van der Waals surface area contributed by atoms with Gasteiger partial charge in [0.15, 0.2) is 0 Å². The zero-order valence-electron chi connectivity index (χ0n) is 15.7. The highest BCUT2D eigenvalue weighted by Gasteiger charge is 2.20. The topological polar surface area (TPSA) is 62.2 Å². The first-order chi connectivity index (χ1) is 12.7. The fraction of sp³-hybridized carbons (Fsp3) is 0.500. The fourth-order valence-corrected chi connectivity index (χ4v) is 3.51. The highest BCUT2D eigenvalue weighted by Crippen LogP contribution is 2.27. The molecule has 0 atom stereocenters. The van der Waals surface area contributed by atoms with Gasteiger partial charge in [0.05, 0.1) is 11.4 Å². The molecule has 1 fully saturated rings. The van der Waals surface area contributed by atoms with Gasteiger partial charge in [-0.05, 0) is 51.3 Å². The molecular weight excluding hydrogens is 326 g/mol. The summed E-state index contributed by atoms with van der Waals surface area (Å²) >= 11 is 0. The Balaban J connectivity index is 1.36. The van der Waals surface area contributed by atoms with E-state index in [-0.39, 0.29) is 6.03 Å². The monoisotopic (exact) mass is 355 g/mol. The summed E-state index contributed by atoms with van der Waals surface area (Å²) in [6.07, 6.45) is 4.24. The van der Waals surface area contributed by atoms with E-state index in [0.29, 0.717) is 12.5 Å². The zero-order valence-corrected chi connectivity index (χ0v) is 15.7. The molecule has 2 heterocycles. The number of benzene rings is 1. The number of rotatable bonds is 6. The lowest BCUT2D eigenvalue weighted by molar-refractivity contribution is 0.211. The van der Waals surface area contributed by atoms with Crippen molar-refractivity contribution >= 4 is 11.7 Å². The lowest BCUT2D eigenvalue weighted by atomic mass is 9.89. The van der Waals surface area contributed by atoms with Crippen molar-refractivity contribution in [1.82, 2.24) is 20.0 Å². The number of piperidine rings is 1. The predicted molar refractivity (Wildman–Crippen MR) is 105 cm³/mol. The molecule has 1 aliphatic heterocycles. The summed E-state index contributed by atoms with van der Waals surface area (Å²) in [5, 5.41) is 10.2. The SMILES string of the molecule is CCn1cc(NC(=O)NCCN2CCC(c3ccccc3)CC2)c(C)n1. The number of hydrogen-bond donors (Lipinski definition) is 2. The second-order valence-corrected chi connectivity index (χ2v) is 6.89. The molecule has 0 radical (unpaired) electrons. The number of hydrogen-bond acceptors (Lipinski definition) is 3. The van der Waals surface area contributed by atoms with Gasteiger partial charge in [0.1, 0.15) is 0 Å². The van der Waals surface area contributed by atoms with E-state index in [2.05, 4.69) is 51.0 Å². The van der Waals surface area contributed by atoms with E-state index in [0.717, 1.165) is 37.6 Å². The summed E-state index contributed by atoms with van der Waals surface area (Å²) in [7, 11) is 0. The molecule has 0 spiro atoms. The largest absolute Gasteiger partial charge is 0.337 e. The molecule has 0 saturated carbocycles. The Morgan fingerprint density at radius 2 is 1.96 bits per heavy atom. The average molecular weight is 355 g/mol. The van der Waals surface area contributed by atoms with Crippen molar-refractivity contribution in [2.24, 2.45) is 0 Å². The molecule has 26 heavy (non-hydrogen) atoms. The molecule has 3 rings (SSSR count). The average Bonchev–Trinajstić information content (AvgIpc) is 3.02. The first-order valence-electron chi connectivity index (χ1n) is 9.52. The van der Waals surface area contributed by atoms with Gasteiger partial charge in [-0.3, -0.25) is 4.68 Å². The fourth-order valence-electron chi connectivity index (χ4n) is 3.51. The zero-order chi connectivity index (χ0) is 18.4. The van der Waals surface area contributed by atoms with Crippen molar-refractivity contribution in [2.75, 3.05) is 31.5 Å². The summed E-state index contributed by atoms with van der Waals surface area (Å²) in [4.78, 5) is 14.5. The summed E-state index contributed by atoms with van der Waals surface area (Å²) < 4.78 is 1.82. The van der Waals surface area contributed by atoms with Gasteiger partial charge in [0.25, 0.3) is 0 Å². The molecule has 140 valence electrons. The molecule has 1 aliphatic rings. The molecule has 0 aliphatic carbocycles. The van der Waals surface area contributed by atoms with E-state index < -0.39 is 0 Å². The number of nitrogens with one attached hydrogen (secondary N) is 2. The number of carbonyl (C=O) groups excluding carboxylic acids is 1. The van der Waals surface area contributed by atoms with Crippen LogP contribution in [0.25, 0.3) is 0 Å². The Bertz CT molecular complexity index is 704. The second kappa shape index (κ2) is 8.85. The van der Waals surface area contributed by atoms with Gasteiger partial charge in [-0.2, -0.15) is 5.10 Å². The molecular formula is C20H29N5O. The van der Waals surface area contributed by atoms with Crippen LogP contribution >= 0.6 is 0 Å². The van der Waals surface area contributed by atoms with Crippen molar-refractivity contribution in [1.29, 1.82) is 0 Å². The number of anilines is 1. The molecule has 1 saturated heterocycles. The first kappa shape index (κ1) is 18.5. The Morgan fingerprint density at radius 3 is 2.62 bits per heavy atom. The molecule has 0 bridgehead atoms. The van der Waals surface area contributed by atoms with Gasteiger partial charge in [-0.15, -0.1) is 0 Å². The third-order valence-electron chi connectivity index (χ3n) is 5.09. The van der Waals surface area contributed by atoms with Crippen molar-refractivity contribution in [3.63, 3.8) is 0 Å². The summed E-state index contributed by atoms with van der Waals surface area (Å²) in [5.74, 6) is 0.668. The van der Waals surface area contributed by atoms with Crippen LogP contribution in [0.5, 0.6) is 0 Å². The van der Waals surface area contributed by atoms with Gasteiger partial charge in [0, 0.05) is 25.8 Å². The standard InChI is InChI=1S/C20H29N5O/c1-3-25-15-19(16(2)23-25)22-20(26)21-11-14-24-12-9-18(10-13-24)17-7-5-4-6-8-17/h4-8,15,18H,3,9-14H2,1-2H3,(H2,21,22,26). The number of nitrogens with zero attached hydrogens (tertiary/aromatic N) is 3. The van der Waals surface area contributed by atoms with Crippen LogP contribution in [-0.4, -0.2) is 46.9 Å². The normalized spacial score (nSPS) is 15.8. The molecule has 1 aromatic heterocycles. The van der Waals surface area contributed by atoms with E-state index in [4.69, 9.17) is 0 Å². The second-order valence-electron chi connectivity index (χ2n) is 6.89. The maximum atomic E-state index is 12.1. The lowest BCUT2D eigenvalue weighted by Gasteiger charge is -2.32. The van der Waals surface area contributed by atoms with Crippen LogP contribution in [0.4, 0.5) is 10.5 Å². The molecule has 2 aromatic rings. The van der Waals surface area contributed by atoms with E-state index >= 15 is 0 Å². The van der Waals surface area contributed by atoms with Crippen LogP contribution in [0, 0.1) is 6.92 Å². The van der Waals surface area contributed by atoms with Crippen molar-refractivity contribution in [3.8, 4) is 0 Å². The maximum Gasteiger partial charge on any atom is 0.319 e. The number of likely N-dealkylation sites (tertiary alicyclic amines) is 1. The van der Waals surface area contributed by atoms with Gasteiger partial charge in [-0.25, -0.2) is 4.79 Å². The van der Waals surface area contributed by atoms with Crippen LogP contribution in [0.15, 0.2) is 36.5 Å². The van der Waals surface area contributed by atoms with E-state index in [1.807, 2.05) is 24.7 Å². The van der Waals surface area contributed by atoms with E-state index in [1.54, 1.807) is 0 Å². The van der Waals surface area contributed by atoms with E-state index in [1.165, 1.54) is 18.4 Å². The van der Waals surface area contributed by atoms with Crippen molar-refractivity contribution < 1.29 is 4.79 Å². The minimum atomic E-state index is -0.164. The highest BCUT2D eigenvalue weighted by molar-refractivity contribution is 5.89. The van der Waals surface area contributed by atoms with Crippen LogP contribution in [0.3, 0.4) is 0 Å². The third kappa shape index (κ3) is 4.85. The number of carbonyl (C=O) groups is 1. The van der Waals surface area contributed by atoms with Crippen LogP contribution in [0.1, 0.15) is 36.9 Å². The van der Waals surface area contributed by atoms with Crippen molar-refractivity contribution in [3.05, 3.63) is 47.8 Å². The Kier molecular flexibility index (Phi) is 6.28. The predicted octanol–water partition coefficient (Wildman–Crippen LogP) is 3.21. The third-order valence-corrected chi connectivity index (χ3v) is 5.09. The van der Waals surface area contributed by atoms with Crippen LogP contribution in [0.2, 0.25) is 0 Å². The first-order valence-corrected chi connectivity index (χ1v) is 9.52. The number of urea groups is 1. The van der Waals surface area contributed by atoms with Crippen LogP contribution < -0.4 is 10.6 Å². The molecule has 1 aromatic carbocycles. The summed E-state index contributed by atoms with van der Waals surface area (Å²) in [6, 6.07) is 10.6. The van der Waals surface area contributed by atoms with Gasteiger partial charge >= 0.3 is 6.03 Å². The smallest absolute Gasteiger partial charge is 0.319 e. The minimum Gasteiger partial charge on any atom is -0.337 e. The quantitative estimate of drug-likeness (QED) is 0.836. The number of aryl methyl sites for hydroxylation is 2. The molecule has 2 N–H and O–H groups in total. The maximum absolute atomic E-state index is 12.1. The number of amides is 2. The summed E-state index contributed by atoms with van der Waals surface area (Å²) in [6.45, 7) is 8.44. The van der Waals surface area contributed by atoms with Gasteiger partial charge in [-0.1, -0.05) is 30.3 Å². The van der Waals surface area contributed by atoms with Crippen LogP contribution in [-0.2, 0) is 6.54 Å². The lowest BCUT2D eigenvalue weighted by Crippen LogP contribution is -2.40. The molecule has 0 unspecified atom stereocenters. The van der Waals surface area contributed by atoms with Gasteiger partial charge < -0.3 is 15.5 Å². The molecule has 6 nitrogen and oxygen atoms in total. The number of aromatic nitrogens is 2. The van der Waals surface area contributed by atoms with E-state index in [9.17, 15) is 4.79 Å². The molecule has 6 heteroatoms. The van der Waals surface area contributed by atoms with Crippen molar-refractivity contribution in [2.45, 2.75) is 39.2 Å². The highest BCUT2D eigenvalue weighted by atomic mass is 16.2. The molecule has 2 amide bonds.